The van der Waals surface area contributed by atoms with Crippen LogP contribution in [-0.4, -0.2) is 50.6 Å². The average molecular weight is 330 g/mol. The second kappa shape index (κ2) is 10.7. The fraction of sp³-hybridized carbons (Fsp3) is 0.533. The molecule has 6 heteroatoms. The highest BCUT2D eigenvalue weighted by Gasteiger charge is 2.11. The maximum Gasteiger partial charge on any atom is 0.150 e. The Kier molecular flexibility index (Phi) is 10.1. The number of rotatable bonds is 10. The van der Waals surface area contributed by atoms with Gasteiger partial charge in [0.2, 0.25) is 0 Å². The molecule has 0 aromatic carbocycles. The highest BCUT2D eigenvalue weighted by atomic mass is 35.5. The third-order valence-corrected chi connectivity index (χ3v) is 4.35. The summed E-state index contributed by atoms with van der Waals surface area (Å²) in [6.45, 7) is 12.0. The van der Waals surface area contributed by atoms with Crippen molar-refractivity contribution in [3.63, 3.8) is 0 Å². The summed E-state index contributed by atoms with van der Waals surface area (Å²) in [6.07, 6.45) is 8.83. The molecule has 0 amide bonds. The Morgan fingerprint density at radius 1 is 1.29 bits per heavy atom. The summed E-state index contributed by atoms with van der Waals surface area (Å²) >= 11 is 6.02. The molecule has 4 nitrogen and oxygen atoms in total. The molecule has 0 aromatic heterocycles. The highest BCUT2D eigenvalue weighted by molar-refractivity contribution is 6.76. The van der Waals surface area contributed by atoms with E-state index in [0.717, 1.165) is 6.61 Å². The third kappa shape index (κ3) is 13.7. The smallest absolute Gasteiger partial charge is 0.150 e. The Balaban J connectivity index is 4.07. The quantitative estimate of drug-likeness (QED) is 0.152. The normalized spacial score (nSPS) is 13.1. The van der Waals surface area contributed by atoms with Crippen LogP contribution >= 0.6 is 11.6 Å². The van der Waals surface area contributed by atoms with Crippen LogP contribution in [-0.2, 0) is 4.74 Å². The molecule has 21 heavy (non-hydrogen) atoms. The molecule has 0 aliphatic carbocycles. The summed E-state index contributed by atoms with van der Waals surface area (Å²) in [5, 5.41) is 6.17. The molecule has 0 saturated carbocycles. The molecule has 0 N–H and O–H groups in total. The van der Waals surface area contributed by atoms with E-state index in [9.17, 15) is 0 Å². The van der Waals surface area contributed by atoms with E-state index < -0.39 is 8.07 Å². The van der Waals surface area contributed by atoms with E-state index in [4.69, 9.17) is 16.3 Å². The van der Waals surface area contributed by atoms with E-state index in [1.807, 2.05) is 18.1 Å². The number of halogens is 1. The van der Waals surface area contributed by atoms with Crippen LogP contribution in [0.5, 0.6) is 0 Å². The number of hydrogen-bond donors (Lipinski definition) is 0. The predicted molar refractivity (Wildman–Crippen MR) is 96.3 cm³/mol. The topological polar surface area (TPSA) is 28.1 Å². The van der Waals surface area contributed by atoms with Crippen LogP contribution in [0.1, 0.15) is 0 Å². The van der Waals surface area contributed by atoms with Gasteiger partial charge in [0, 0.05) is 41.2 Å². The third-order valence-electron chi connectivity index (χ3n) is 2.45. The Morgan fingerprint density at radius 3 is 2.52 bits per heavy atom. The van der Waals surface area contributed by atoms with Crippen LogP contribution in [0, 0.1) is 0 Å². The van der Waals surface area contributed by atoms with Crippen molar-refractivity contribution in [1.29, 1.82) is 0 Å². The van der Waals surface area contributed by atoms with Crippen LogP contribution in [0.2, 0.25) is 25.7 Å². The lowest BCUT2D eigenvalue weighted by atomic mass is 10.6. The number of hydrogen-bond acceptors (Lipinski definition) is 4. The van der Waals surface area contributed by atoms with Gasteiger partial charge in [-0.05, 0) is 18.2 Å². The fourth-order valence-corrected chi connectivity index (χ4v) is 2.15. The lowest BCUT2D eigenvalue weighted by Gasteiger charge is -2.18. The first-order valence-electron chi connectivity index (χ1n) is 6.97. The molecule has 0 radical (unpaired) electrons. The van der Waals surface area contributed by atoms with Crippen LogP contribution in [0.25, 0.3) is 0 Å². The molecule has 0 saturated heterocycles. The van der Waals surface area contributed by atoms with Crippen LogP contribution < -0.4 is 0 Å². The van der Waals surface area contributed by atoms with Gasteiger partial charge in [-0.15, -0.1) is 0 Å². The first-order chi connectivity index (χ1) is 9.74. The lowest BCUT2D eigenvalue weighted by molar-refractivity contribution is 0.0750. The van der Waals surface area contributed by atoms with Crippen molar-refractivity contribution in [2.75, 3.05) is 27.4 Å². The Bertz CT molecular complexity index is 389. The molecule has 0 unspecified atom stereocenters. The highest BCUT2D eigenvalue weighted by Crippen LogP contribution is 2.07. The molecule has 0 bridgehead atoms. The summed E-state index contributed by atoms with van der Waals surface area (Å²) in [5.74, 6) is 0. The fourth-order valence-electron chi connectivity index (χ4n) is 1.22. The molecule has 0 heterocycles. The van der Waals surface area contributed by atoms with E-state index in [2.05, 4.69) is 31.3 Å². The minimum Gasteiger partial charge on any atom is -0.361 e. The zero-order valence-electron chi connectivity index (χ0n) is 13.8. The maximum atomic E-state index is 6.02. The number of ether oxygens (including phenoxy) is 1. The second-order valence-electron chi connectivity index (χ2n) is 5.99. The Hall–Kier alpha value is -1.04. The van der Waals surface area contributed by atoms with E-state index in [0.29, 0.717) is 11.9 Å². The van der Waals surface area contributed by atoms with Crippen LogP contribution in [0.4, 0.5) is 0 Å². The summed E-state index contributed by atoms with van der Waals surface area (Å²) in [7, 11) is 2.73. The predicted octanol–water partition coefficient (Wildman–Crippen LogP) is 3.93. The largest absolute Gasteiger partial charge is 0.361 e. The summed E-state index contributed by atoms with van der Waals surface area (Å²) in [4.78, 5) is 1.93. The molecule has 0 atom stereocenters. The Morgan fingerprint density at radius 2 is 1.95 bits per heavy atom. The number of nitrogens with zero attached hydrogens (tertiary/aromatic N) is 3. The minimum atomic E-state index is -1.02. The minimum absolute atomic E-state index is 0.403. The zero-order valence-corrected chi connectivity index (χ0v) is 15.6. The summed E-state index contributed by atoms with van der Waals surface area (Å²) in [6, 6.07) is 1.17. The lowest BCUT2D eigenvalue weighted by Crippen LogP contribution is -2.23. The van der Waals surface area contributed by atoms with E-state index in [-0.39, 0.29) is 0 Å². The van der Waals surface area contributed by atoms with Gasteiger partial charge >= 0.3 is 0 Å². The van der Waals surface area contributed by atoms with E-state index in [1.165, 1.54) is 6.04 Å². The first-order valence-corrected chi connectivity index (χ1v) is 11.1. The molecule has 0 aromatic rings. The van der Waals surface area contributed by atoms with E-state index in [1.54, 1.807) is 36.5 Å². The van der Waals surface area contributed by atoms with Gasteiger partial charge in [-0.3, -0.25) is 5.01 Å². The summed E-state index contributed by atoms with van der Waals surface area (Å²) < 4.78 is 5.63. The van der Waals surface area contributed by atoms with Crippen molar-refractivity contribution in [3.8, 4) is 0 Å². The molecule has 120 valence electrons. The monoisotopic (exact) mass is 329 g/mol. The molecule has 0 aliphatic rings. The zero-order chi connectivity index (χ0) is 16.3. The second-order valence-corrected chi connectivity index (χ2v) is 12.0. The summed E-state index contributed by atoms with van der Waals surface area (Å²) in [5.41, 5.74) is 0. The number of hydrazone groups is 1. The average Bonchev–Trinajstić information content (AvgIpc) is 2.38. The van der Waals surface area contributed by atoms with Crippen molar-refractivity contribution in [3.05, 3.63) is 37.2 Å². The molecular formula is C15H28ClN3OSi. The van der Waals surface area contributed by atoms with Crippen LogP contribution in [0.3, 0.4) is 0 Å². The van der Waals surface area contributed by atoms with Gasteiger partial charge in [0.05, 0.1) is 0 Å². The van der Waals surface area contributed by atoms with Gasteiger partial charge < -0.3 is 9.64 Å². The van der Waals surface area contributed by atoms with Crippen molar-refractivity contribution in [2.24, 2.45) is 5.10 Å². The van der Waals surface area contributed by atoms with Gasteiger partial charge in [0.25, 0.3) is 0 Å². The molecule has 0 aliphatic heterocycles. The van der Waals surface area contributed by atoms with Crippen molar-refractivity contribution in [2.45, 2.75) is 25.7 Å². The van der Waals surface area contributed by atoms with Crippen molar-refractivity contribution >= 4 is 24.8 Å². The SMILES string of the molecule is C=C/C=C\N(C)/N=C(Cl)\C=C\N(C)COCC[Si](C)(C)C. The van der Waals surface area contributed by atoms with Gasteiger partial charge in [-0.2, -0.15) is 5.10 Å². The van der Waals surface area contributed by atoms with E-state index >= 15 is 0 Å². The Labute approximate surface area is 135 Å². The maximum absolute atomic E-state index is 6.02. The first kappa shape index (κ1) is 20.0. The van der Waals surface area contributed by atoms with Gasteiger partial charge in [0.15, 0.2) is 5.17 Å². The van der Waals surface area contributed by atoms with Gasteiger partial charge in [-0.1, -0.05) is 43.9 Å². The number of allylic oxidation sites excluding steroid dienone is 3. The molecule has 0 spiro atoms. The molecule has 0 rings (SSSR count). The van der Waals surface area contributed by atoms with Gasteiger partial charge in [-0.25, -0.2) is 0 Å². The van der Waals surface area contributed by atoms with Crippen LogP contribution in [0.15, 0.2) is 42.3 Å². The molecular weight excluding hydrogens is 302 g/mol. The van der Waals surface area contributed by atoms with Crippen molar-refractivity contribution < 1.29 is 4.74 Å². The standard InChI is InChI=1S/C15H28ClN3OSi/c1-7-8-10-19(3)17-15(16)9-11-18(2)14-20-12-13-21(4,5)6/h7-11H,1,12-14H2,2-6H3/b10-8-,11-9+,17-15+. The van der Waals surface area contributed by atoms with Gasteiger partial charge in [0.1, 0.15) is 6.73 Å². The molecule has 0 fully saturated rings. The van der Waals surface area contributed by atoms with Crippen molar-refractivity contribution in [1.82, 2.24) is 9.91 Å².